The van der Waals surface area contributed by atoms with Gasteiger partial charge in [0, 0.05) is 25.1 Å². The van der Waals surface area contributed by atoms with E-state index >= 15 is 0 Å². The molecule has 1 atom stereocenters. The number of fused-ring (bicyclic) bond motifs is 3. The minimum absolute atomic E-state index is 0.0562. The number of nitrogens with zero attached hydrogens (tertiary/aromatic N) is 5. The molecule has 0 saturated carbocycles. The molecule has 0 bridgehead atoms. The van der Waals surface area contributed by atoms with Gasteiger partial charge in [-0.05, 0) is 12.1 Å². The number of hydrogen-bond donors (Lipinski definition) is 1. The van der Waals surface area contributed by atoms with E-state index in [4.69, 9.17) is 4.74 Å². The number of ether oxygens (including phenoxy) is 1. The fraction of sp³-hybridized carbons (Fsp3) is 0.267. The van der Waals surface area contributed by atoms with Gasteiger partial charge in [0.15, 0.2) is 5.65 Å². The van der Waals surface area contributed by atoms with Gasteiger partial charge in [0.2, 0.25) is 0 Å². The van der Waals surface area contributed by atoms with E-state index in [-0.39, 0.29) is 17.6 Å². The van der Waals surface area contributed by atoms with Gasteiger partial charge in [-0.3, -0.25) is 9.78 Å². The third-order valence-corrected chi connectivity index (χ3v) is 3.72. The molecule has 4 rings (SSSR count). The molecule has 8 nitrogen and oxygen atoms in total. The number of imidazole rings is 1. The minimum atomic E-state index is -0.261. The number of amides is 1. The number of rotatable bonds is 3. The molecule has 1 aliphatic heterocycles. The van der Waals surface area contributed by atoms with Crippen LogP contribution in [-0.4, -0.2) is 43.6 Å². The molecule has 1 amide bonds. The van der Waals surface area contributed by atoms with Gasteiger partial charge in [0.25, 0.3) is 5.91 Å². The van der Waals surface area contributed by atoms with E-state index in [2.05, 4.69) is 25.3 Å². The van der Waals surface area contributed by atoms with E-state index in [0.29, 0.717) is 19.8 Å². The lowest BCUT2D eigenvalue weighted by molar-refractivity contribution is 0.0550. The quantitative estimate of drug-likeness (QED) is 0.766. The Hall–Kier alpha value is -2.87. The molecule has 0 fully saturated rings. The number of carbonyl (C=O) groups excluding carboxylic acids is 1. The lowest BCUT2D eigenvalue weighted by Gasteiger charge is -2.25. The summed E-state index contributed by atoms with van der Waals surface area (Å²) in [5, 5.41) is 2.87. The monoisotopic (exact) mass is 310 g/mol. The maximum Gasteiger partial charge on any atom is 0.271 e. The molecule has 8 heteroatoms. The molecule has 23 heavy (non-hydrogen) atoms. The van der Waals surface area contributed by atoms with Gasteiger partial charge in [-0.15, -0.1) is 0 Å². The van der Waals surface area contributed by atoms with Gasteiger partial charge < -0.3 is 14.6 Å². The third kappa shape index (κ3) is 2.53. The highest BCUT2D eigenvalue weighted by atomic mass is 16.5. The average molecular weight is 310 g/mol. The fourth-order valence-electron chi connectivity index (χ4n) is 2.69. The Balaban J connectivity index is 1.56. The van der Waals surface area contributed by atoms with E-state index in [1.807, 2.05) is 16.7 Å². The lowest BCUT2D eigenvalue weighted by Crippen LogP contribution is -2.36. The zero-order valence-electron chi connectivity index (χ0n) is 12.2. The highest BCUT2D eigenvalue weighted by Gasteiger charge is 2.25. The van der Waals surface area contributed by atoms with E-state index in [1.54, 1.807) is 6.20 Å². The zero-order valence-corrected chi connectivity index (χ0v) is 12.2. The summed E-state index contributed by atoms with van der Waals surface area (Å²) in [5.41, 5.74) is 1.93. The number of hydrogen-bond acceptors (Lipinski definition) is 6. The Labute approximate surface area is 131 Å². The molecule has 0 spiro atoms. The molecule has 116 valence electrons. The second-order valence-corrected chi connectivity index (χ2v) is 5.21. The first-order chi connectivity index (χ1) is 11.3. The number of carbonyl (C=O) groups is 1. The smallest absolute Gasteiger partial charge is 0.271 e. The summed E-state index contributed by atoms with van der Waals surface area (Å²) in [5.74, 6) is 0.561. The highest BCUT2D eigenvalue weighted by molar-refractivity contribution is 5.91. The second-order valence-electron chi connectivity index (χ2n) is 5.21. The molecule has 3 aromatic heterocycles. The van der Waals surface area contributed by atoms with Gasteiger partial charge in [0.1, 0.15) is 23.6 Å². The summed E-state index contributed by atoms with van der Waals surface area (Å²) < 4.78 is 7.62. The van der Waals surface area contributed by atoms with E-state index < -0.39 is 0 Å². The minimum Gasteiger partial charge on any atom is -0.371 e. The average Bonchev–Trinajstić information content (AvgIpc) is 2.99. The van der Waals surface area contributed by atoms with Crippen molar-refractivity contribution in [3.63, 3.8) is 0 Å². The van der Waals surface area contributed by atoms with Crippen LogP contribution < -0.4 is 5.32 Å². The van der Waals surface area contributed by atoms with Crippen LogP contribution in [0.15, 0.2) is 36.9 Å². The molecule has 0 unspecified atom stereocenters. The van der Waals surface area contributed by atoms with Gasteiger partial charge in [-0.1, -0.05) is 0 Å². The summed E-state index contributed by atoms with van der Waals surface area (Å²) in [7, 11) is 0. The molecule has 1 aliphatic rings. The van der Waals surface area contributed by atoms with Crippen LogP contribution in [-0.2, 0) is 11.3 Å². The number of pyridine rings is 1. The van der Waals surface area contributed by atoms with Crippen molar-refractivity contribution < 1.29 is 9.53 Å². The van der Waals surface area contributed by atoms with Gasteiger partial charge in [-0.2, -0.15) is 0 Å². The number of nitrogens with one attached hydrogen (secondary N) is 1. The molecule has 0 aliphatic carbocycles. The Morgan fingerprint density at radius 3 is 3.17 bits per heavy atom. The normalized spacial score (nSPS) is 17.0. The summed E-state index contributed by atoms with van der Waals surface area (Å²) in [6.45, 7) is 1.35. The van der Waals surface area contributed by atoms with Gasteiger partial charge in [0.05, 0.1) is 18.8 Å². The third-order valence-electron chi connectivity index (χ3n) is 3.72. The van der Waals surface area contributed by atoms with Crippen LogP contribution in [0, 0.1) is 0 Å². The Bertz CT molecular complexity index is 848. The van der Waals surface area contributed by atoms with E-state index in [1.165, 1.54) is 18.6 Å². The van der Waals surface area contributed by atoms with Crippen molar-refractivity contribution in [3.8, 4) is 0 Å². The first-order valence-electron chi connectivity index (χ1n) is 7.27. The molecule has 0 saturated heterocycles. The number of aromatic nitrogens is 5. The molecular weight excluding hydrogens is 296 g/mol. The lowest BCUT2D eigenvalue weighted by atomic mass is 10.2. The van der Waals surface area contributed by atoms with Crippen molar-refractivity contribution in [1.29, 1.82) is 0 Å². The molecule has 3 aromatic rings. The maximum absolute atomic E-state index is 12.1. The predicted octanol–water partition coefficient (Wildman–Crippen LogP) is 0.723. The zero-order chi connectivity index (χ0) is 15.6. The van der Waals surface area contributed by atoms with Crippen LogP contribution >= 0.6 is 0 Å². The van der Waals surface area contributed by atoms with Gasteiger partial charge >= 0.3 is 0 Å². The SMILES string of the molecule is O=C(NC[C@H]1COCc2nc3cccnc3n21)c1cnccn1. The second kappa shape index (κ2) is 5.73. The van der Waals surface area contributed by atoms with Crippen LogP contribution in [0.4, 0.5) is 0 Å². The van der Waals surface area contributed by atoms with Crippen LogP contribution in [0.5, 0.6) is 0 Å². The highest BCUT2D eigenvalue weighted by Crippen LogP contribution is 2.24. The first-order valence-corrected chi connectivity index (χ1v) is 7.27. The summed E-state index contributed by atoms with van der Waals surface area (Å²) in [6, 6.07) is 3.72. The standard InChI is InChI=1S/C15H14N6O2/c22-15(12-7-16-4-5-17-12)19-6-10-8-23-9-13-20-11-2-1-3-18-14(11)21(10)13/h1-5,7,10H,6,8-9H2,(H,19,22)/t10-/m0/s1. The molecule has 0 aromatic carbocycles. The Kier molecular flexibility index (Phi) is 3.43. The van der Waals surface area contributed by atoms with Gasteiger partial charge in [-0.25, -0.2) is 15.0 Å². The molecular formula is C15H14N6O2. The fourth-order valence-corrected chi connectivity index (χ4v) is 2.69. The van der Waals surface area contributed by atoms with Crippen molar-refractivity contribution >= 4 is 17.1 Å². The van der Waals surface area contributed by atoms with Crippen molar-refractivity contribution in [1.82, 2.24) is 29.8 Å². The van der Waals surface area contributed by atoms with Crippen LogP contribution in [0.3, 0.4) is 0 Å². The topological polar surface area (TPSA) is 94.8 Å². The largest absolute Gasteiger partial charge is 0.371 e. The van der Waals surface area contributed by atoms with Crippen molar-refractivity contribution in [2.24, 2.45) is 0 Å². The Morgan fingerprint density at radius 1 is 1.35 bits per heavy atom. The van der Waals surface area contributed by atoms with Crippen LogP contribution in [0.1, 0.15) is 22.4 Å². The Morgan fingerprint density at radius 2 is 2.30 bits per heavy atom. The summed E-state index contributed by atoms with van der Waals surface area (Å²) in [4.78, 5) is 28.9. The molecule has 0 radical (unpaired) electrons. The van der Waals surface area contributed by atoms with Crippen LogP contribution in [0.2, 0.25) is 0 Å². The summed E-state index contributed by atoms with van der Waals surface area (Å²) in [6.07, 6.45) is 6.19. The van der Waals surface area contributed by atoms with E-state index in [9.17, 15) is 4.79 Å². The first kappa shape index (κ1) is 13.8. The maximum atomic E-state index is 12.1. The summed E-state index contributed by atoms with van der Waals surface area (Å²) >= 11 is 0. The molecule has 4 heterocycles. The molecule has 1 N–H and O–H groups in total. The van der Waals surface area contributed by atoms with Crippen LogP contribution in [0.25, 0.3) is 11.2 Å². The van der Waals surface area contributed by atoms with Crippen molar-refractivity contribution in [2.45, 2.75) is 12.6 Å². The predicted molar refractivity (Wildman–Crippen MR) is 80.6 cm³/mol. The van der Waals surface area contributed by atoms with Crippen molar-refractivity contribution in [3.05, 3.63) is 48.4 Å². The van der Waals surface area contributed by atoms with E-state index in [0.717, 1.165) is 17.0 Å². The van der Waals surface area contributed by atoms with Crippen molar-refractivity contribution in [2.75, 3.05) is 13.2 Å².